The van der Waals surface area contributed by atoms with Crippen LogP contribution in [-0.2, 0) is 14.3 Å². The number of hydrogen-bond acceptors (Lipinski definition) is 5. The van der Waals surface area contributed by atoms with Crippen molar-refractivity contribution >= 4 is 34.4 Å². The number of rotatable bonds is 6. The number of hydrogen-bond donors (Lipinski definition) is 1. The van der Waals surface area contributed by atoms with Crippen LogP contribution in [0.25, 0.3) is 10.8 Å². The molecular formula is C23H30N2O5. The number of nitrogens with one attached hydrogen (secondary N) is 1. The molecule has 0 bridgehead atoms. The van der Waals surface area contributed by atoms with Crippen LogP contribution in [0.15, 0.2) is 36.4 Å². The number of amides is 2. The molecule has 0 aliphatic heterocycles. The summed E-state index contributed by atoms with van der Waals surface area (Å²) in [6.07, 6.45) is -0.641. The van der Waals surface area contributed by atoms with Gasteiger partial charge in [0.1, 0.15) is 5.60 Å². The van der Waals surface area contributed by atoms with Crippen molar-refractivity contribution in [2.45, 2.75) is 40.2 Å². The summed E-state index contributed by atoms with van der Waals surface area (Å²) in [6, 6.07) is 11.1. The van der Waals surface area contributed by atoms with E-state index in [1.54, 1.807) is 44.7 Å². The van der Waals surface area contributed by atoms with E-state index in [-0.39, 0.29) is 18.4 Å². The number of carbonyl (C=O) groups excluding carboxylic acids is 3. The Balaban J connectivity index is 2.42. The Kier molecular flexibility index (Phi) is 7.43. The van der Waals surface area contributed by atoms with Crippen molar-refractivity contribution in [2.75, 3.05) is 25.5 Å². The second-order valence-electron chi connectivity index (χ2n) is 8.14. The molecule has 0 fully saturated rings. The molecule has 1 unspecified atom stereocenters. The SMILES string of the molecule is CCN(CC(C)C(=O)OC)C(=O)c1cc2ccccc2cc1NC(=O)OC(C)(C)C. The molecule has 0 spiro atoms. The van der Waals surface area contributed by atoms with Crippen molar-refractivity contribution < 1.29 is 23.9 Å². The van der Waals surface area contributed by atoms with Crippen LogP contribution in [0.1, 0.15) is 45.0 Å². The van der Waals surface area contributed by atoms with Crippen molar-refractivity contribution in [3.8, 4) is 0 Å². The number of carbonyl (C=O) groups is 3. The van der Waals surface area contributed by atoms with Gasteiger partial charge in [0.05, 0.1) is 24.3 Å². The van der Waals surface area contributed by atoms with Crippen LogP contribution in [0, 0.1) is 5.92 Å². The molecule has 2 aromatic carbocycles. The molecule has 7 heteroatoms. The Labute approximate surface area is 177 Å². The number of ether oxygens (including phenoxy) is 2. The number of methoxy groups -OCH3 is 1. The third kappa shape index (κ3) is 5.95. The van der Waals surface area contributed by atoms with Crippen LogP contribution in [0.2, 0.25) is 0 Å². The molecule has 0 aliphatic carbocycles. The van der Waals surface area contributed by atoms with E-state index in [9.17, 15) is 14.4 Å². The fourth-order valence-electron chi connectivity index (χ4n) is 3.07. The maximum Gasteiger partial charge on any atom is 0.412 e. The first-order valence-corrected chi connectivity index (χ1v) is 9.95. The number of anilines is 1. The lowest BCUT2D eigenvalue weighted by molar-refractivity contribution is -0.145. The monoisotopic (exact) mass is 414 g/mol. The second kappa shape index (κ2) is 9.61. The summed E-state index contributed by atoms with van der Waals surface area (Å²) in [5, 5.41) is 4.45. The molecule has 2 rings (SSSR count). The zero-order valence-electron chi connectivity index (χ0n) is 18.4. The smallest absolute Gasteiger partial charge is 0.412 e. The lowest BCUT2D eigenvalue weighted by Crippen LogP contribution is -2.37. The second-order valence-corrected chi connectivity index (χ2v) is 8.14. The van der Waals surface area contributed by atoms with E-state index in [4.69, 9.17) is 9.47 Å². The maximum absolute atomic E-state index is 13.3. The summed E-state index contributed by atoms with van der Waals surface area (Å²) >= 11 is 0. The van der Waals surface area contributed by atoms with E-state index >= 15 is 0 Å². The normalized spacial score (nSPS) is 12.2. The summed E-state index contributed by atoms with van der Waals surface area (Å²) in [4.78, 5) is 39.1. The summed E-state index contributed by atoms with van der Waals surface area (Å²) < 4.78 is 10.1. The average molecular weight is 415 g/mol. The highest BCUT2D eigenvalue weighted by molar-refractivity contribution is 6.07. The third-order valence-electron chi connectivity index (χ3n) is 4.52. The zero-order chi connectivity index (χ0) is 22.5. The van der Waals surface area contributed by atoms with E-state index in [0.29, 0.717) is 17.8 Å². The highest BCUT2D eigenvalue weighted by Gasteiger charge is 2.25. The van der Waals surface area contributed by atoms with Crippen LogP contribution >= 0.6 is 0 Å². The molecular weight excluding hydrogens is 384 g/mol. The number of esters is 1. The van der Waals surface area contributed by atoms with E-state index in [2.05, 4.69) is 5.32 Å². The van der Waals surface area contributed by atoms with Gasteiger partial charge in [-0.2, -0.15) is 0 Å². The van der Waals surface area contributed by atoms with Crippen molar-refractivity contribution in [1.29, 1.82) is 0 Å². The minimum absolute atomic E-state index is 0.209. The zero-order valence-corrected chi connectivity index (χ0v) is 18.4. The van der Waals surface area contributed by atoms with E-state index < -0.39 is 17.6 Å². The van der Waals surface area contributed by atoms with E-state index in [1.807, 2.05) is 31.2 Å². The Morgan fingerprint density at radius 1 is 1.10 bits per heavy atom. The lowest BCUT2D eigenvalue weighted by atomic mass is 10.0. The first-order valence-electron chi connectivity index (χ1n) is 9.95. The fourth-order valence-corrected chi connectivity index (χ4v) is 3.07. The molecule has 1 atom stereocenters. The van der Waals surface area contributed by atoms with Gasteiger partial charge < -0.3 is 14.4 Å². The first-order chi connectivity index (χ1) is 14.1. The molecule has 0 radical (unpaired) electrons. The Bertz CT molecular complexity index is 933. The van der Waals surface area contributed by atoms with Gasteiger partial charge in [0.15, 0.2) is 0 Å². The molecule has 7 nitrogen and oxygen atoms in total. The lowest BCUT2D eigenvalue weighted by Gasteiger charge is -2.25. The Morgan fingerprint density at radius 3 is 2.23 bits per heavy atom. The predicted molar refractivity (Wildman–Crippen MR) is 117 cm³/mol. The standard InChI is InChI=1S/C23H30N2O5/c1-7-25(14-15(2)21(27)29-6)20(26)18-12-16-10-8-9-11-17(16)13-19(18)24-22(28)30-23(3,4)5/h8-13,15H,7,14H2,1-6H3,(H,24,28). The Hall–Kier alpha value is -3.09. The summed E-state index contributed by atoms with van der Waals surface area (Å²) in [6.45, 7) is 9.47. The average Bonchev–Trinajstić information content (AvgIpc) is 2.68. The van der Waals surface area contributed by atoms with Gasteiger partial charge in [-0.05, 0) is 50.6 Å². The van der Waals surface area contributed by atoms with Gasteiger partial charge in [-0.3, -0.25) is 14.9 Å². The minimum Gasteiger partial charge on any atom is -0.469 e. The quantitative estimate of drug-likeness (QED) is 0.706. The van der Waals surface area contributed by atoms with Gasteiger partial charge in [0.25, 0.3) is 5.91 Å². The molecule has 30 heavy (non-hydrogen) atoms. The number of benzene rings is 2. The molecule has 0 saturated heterocycles. The minimum atomic E-state index is -0.670. The summed E-state index contributed by atoms with van der Waals surface area (Å²) in [5.74, 6) is -1.14. The van der Waals surface area contributed by atoms with Gasteiger partial charge in [-0.15, -0.1) is 0 Å². The van der Waals surface area contributed by atoms with Gasteiger partial charge in [-0.25, -0.2) is 4.79 Å². The molecule has 162 valence electrons. The van der Waals surface area contributed by atoms with Crippen molar-refractivity contribution in [3.05, 3.63) is 42.0 Å². The first kappa shape index (κ1) is 23.2. The Morgan fingerprint density at radius 2 is 1.70 bits per heavy atom. The number of nitrogens with zero attached hydrogens (tertiary/aromatic N) is 1. The topological polar surface area (TPSA) is 84.9 Å². The maximum atomic E-state index is 13.3. The highest BCUT2D eigenvalue weighted by atomic mass is 16.6. The van der Waals surface area contributed by atoms with Gasteiger partial charge in [-0.1, -0.05) is 31.2 Å². The highest BCUT2D eigenvalue weighted by Crippen LogP contribution is 2.26. The molecule has 1 N–H and O–H groups in total. The molecule has 0 aliphatic rings. The van der Waals surface area contributed by atoms with E-state index in [1.165, 1.54) is 7.11 Å². The van der Waals surface area contributed by atoms with Gasteiger partial charge >= 0.3 is 12.1 Å². The predicted octanol–water partition coefficient (Wildman–Crippen LogP) is 4.46. The molecule has 2 aromatic rings. The van der Waals surface area contributed by atoms with Crippen LogP contribution < -0.4 is 5.32 Å². The van der Waals surface area contributed by atoms with Crippen molar-refractivity contribution in [1.82, 2.24) is 4.90 Å². The molecule has 0 saturated carbocycles. The van der Waals surface area contributed by atoms with Crippen LogP contribution in [0.4, 0.5) is 10.5 Å². The fraction of sp³-hybridized carbons (Fsp3) is 0.435. The van der Waals surface area contributed by atoms with Crippen LogP contribution in [-0.4, -0.2) is 48.7 Å². The van der Waals surface area contributed by atoms with Crippen molar-refractivity contribution in [2.24, 2.45) is 5.92 Å². The van der Waals surface area contributed by atoms with Gasteiger partial charge in [0, 0.05) is 13.1 Å². The van der Waals surface area contributed by atoms with Gasteiger partial charge in [0.2, 0.25) is 0 Å². The summed E-state index contributed by atoms with van der Waals surface area (Å²) in [5.41, 5.74) is 0.0202. The summed E-state index contributed by atoms with van der Waals surface area (Å²) in [7, 11) is 1.32. The molecule has 0 aromatic heterocycles. The van der Waals surface area contributed by atoms with Crippen LogP contribution in [0.3, 0.4) is 0 Å². The largest absolute Gasteiger partial charge is 0.469 e. The molecule has 2 amide bonds. The van der Waals surface area contributed by atoms with E-state index in [0.717, 1.165) is 10.8 Å². The molecule has 0 heterocycles. The number of fused-ring (bicyclic) bond motifs is 1. The van der Waals surface area contributed by atoms with Crippen molar-refractivity contribution in [3.63, 3.8) is 0 Å². The van der Waals surface area contributed by atoms with Crippen LogP contribution in [0.5, 0.6) is 0 Å². The third-order valence-corrected chi connectivity index (χ3v) is 4.52.